The number of amides is 2. The predicted octanol–water partition coefficient (Wildman–Crippen LogP) is 6.75. The molecule has 0 aliphatic rings. The van der Waals surface area contributed by atoms with Crippen LogP contribution in [0.2, 0.25) is 10.0 Å². The van der Waals surface area contributed by atoms with Crippen molar-refractivity contribution in [3.8, 4) is 5.75 Å². The molecule has 0 radical (unpaired) electrons. The first-order valence-electron chi connectivity index (χ1n) is 14.8. The lowest BCUT2D eigenvalue weighted by Crippen LogP contribution is -2.54. The third-order valence-corrected chi connectivity index (χ3v) is 9.86. The maximum atomic E-state index is 14.6. The molecule has 0 bridgehead atoms. The summed E-state index contributed by atoms with van der Waals surface area (Å²) in [7, 11) is -2.75. The fraction of sp³-hybridized carbons (Fsp3) is 0.257. The normalized spacial score (nSPS) is 12.5. The highest BCUT2D eigenvalue weighted by atomic mass is 35.5. The first-order chi connectivity index (χ1) is 22.0. The lowest BCUT2D eigenvalue weighted by atomic mass is 10.0. The highest BCUT2D eigenvalue weighted by Crippen LogP contribution is 2.33. The minimum absolute atomic E-state index is 0.00896. The third kappa shape index (κ3) is 8.81. The number of sulfonamides is 1. The Morgan fingerprint density at radius 1 is 0.870 bits per heavy atom. The van der Waals surface area contributed by atoms with Crippen LogP contribution in [0.3, 0.4) is 0 Å². The number of methoxy groups -OCH3 is 1. The monoisotopic (exact) mass is 681 g/mol. The fourth-order valence-corrected chi connectivity index (χ4v) is 6.89. The van der Waals surface area contributed by atoms with E-state index in [-0.39, 0.29) is 40.5 Å². The van der Waals surface area contributed by atoms with E-state index in [1.165, 1.54) is 35.2 Å². The van der Waals surface area contributed by atoms with E-state index in [9.17, 15) is 18.0 Å². The van der Waals surface area contributed by atoms with E-state index in [1.807, 2.05) is 50.2 Å². The molecule has 0 aromatic heterocycles. The standard InChI is InChI=1S/C35H37Cl2N3O5S/c1-4-25(2)38-35(42)33(21-26-12-7-5-8-13-26)39(23-27-14-11-15-29(20-27)45-3)34(41)24-40(32-19-18-28(36)22-31(32)37)46(43,44)30-16-9-6-10-17-30/h5-20,22,25,33H,4,21,23-24H2,1-3H3,(H,38,42)/t25-,33+/m0/s1. The van der Waals surface area contributed by atoms with Gasteiger partial charge in [0.15, 0.2) is 0 Å². The molecule has 242 valence electrons. The van der Waals surface area contributed by atoms with Gasteiger partial charge in [-0.15, -0.1) is 0 Å². The quantitative estimate of drug-likeness (QED) is 0.159. The van der Waals surface area contributed by atoms with Crippen LogP contribution in [0.15, 0.2) is 108 Å². The topological polar surface area (TPSA) is 96.0 Å². The maximum Gasteiger partial charge on any atom is 0.264 e. The molecule has 46 heavy (non-hydrogen) atoms. The summed E-state index contributed by atoms with van der Waals surface area (Å²) in [6, 6.07) is 27.6. The number of benzene rings is 4. The van der Waals surface area contributed by atoms with E-state index in [4.69, 9.17) is 27.9 Å². The number of halogens is 2. The van der Waals surface area contributed by atoms with E-state index < -0.39 is 28.5 Å². The second-order valence-corrected chi connectivity index (χ2v) is 13.5. The van der Waals surface area contributed by atoms with Gasteiger partial charge in [-0.1, -0.05) is 90.8 Å². The number of carbonyl (C=O) groups is 2. The summed E-state index contributed by atoms with van der Waals surface area (Å²) in [4.78, 5) is 29.9. The van der Waals surface area contributed by atoms with Crippen LogP contribution < -0.4 is 14.4 Å². The zero-order valence-electron chi connectivity index (χ0n) is 25.9. The van der Waals surface area contributed by atoms with Crippen molar-refractivity contribution in [1.29, 1.82) is 0 Å². The molecule has 0 spiro atoms. The van der Waals surface area contributed by atoms with Gasteiger partial charge in [-0.3, -0.25) is 13.9 Å². The molecule has 2 amide bonds. The average Bonchev–Trinajstić information content (AvgIpc) is 3.06. The summed E-state index contributed by atoms with van der Waals surface area (Å²) in [5.74, 6) is -0.375. The molecule has 2 atom stereocenters. The van der Waals surface area contributed by atoms with Crippen LogP contribution >= 0.6 is 23.2 Å². The Hall–Kier alpha value is -4.05. The van der Waals surface area contributed by atoms with Crippen molar-refractivity contribution in [2.24, 2.45) is 0 Å². The Bertz CT molecular complexity index is 1740. The van der Waals surface area contributed by atoms with Gasteiger partial charge in [0.2, 0.25) is 11.8 Å². The van der Waals surface area contributed by atoms with E-state index >= 15 is 0 Å². The van der Waals surface area contributed by atoms with E-state index in [2.05, 4.69) is 5.32 Å². The van der Waals surface area contributed by atoms with Crippen molar-refractivity contribution in [3.63, 3.8) is 0 Å². The number of hydrogen-bond donors (Lipinski definition) is 1. The zero-order valence-corrected chi connectivity index (χ0v) is 28.2. The van der Waals surface area contributed by atoms with Crippen LogP contribution in [0.4, 0.5) is 5.69 Å². The van der Waals surface area contributed by atoms with Gasteiger partial charge in [-0.05, 0) is 66.9 Å². The van der Waals surface area contributed by atoms with Crippen LogP contribution in [-0.4, -0.2) is 50.9 Å². The summed E-state index contributed by atoms with van der Waals surface area (Å²) < 4.78 is 34.6. The lowest BCUT2D eigenvalue weighted by molar-refractivity contribution is -0.140. The van der Waals surface area contributed by atoms with E-state index in [0.717, 1.165) is 9.87 Å². The molecular formula is C35H37Cl2N3O5S. The van der Waals surface area contributed by atoms with Gasteiger partial charge in [0.25, 0.3) is 10.0 Å². The highest BCUT2D eigenvalue weighted by Gasteiger charge is 2.35. The van der Waals surface area contributed by atoms with Gasteiger partial charge in [-0.25, -0.2) is 8.42 Å². The zero-order chi connectivity index (χ0) is 33.3. The number of hydrogen-bond acceptors (Lipinski definition) is 5. The largest absolute Gasteiger partial charge is 0.497 e. The molecule has 4 aromatic carbocycles. The molecule has 0 saturated heterocycles. The maximum absolute atomic E-state index is 14.6. The second kappa shape index (κ2) is 16.0. The smallest absolute Gasteiger partial charge is 0.264 e. The van der Waals surface area contributed by atoms with Gasteiger partial charge in [0.05, 0.1) is 22.7 Å². The van der Waals surface area contributed by atoms with Crippen molar-refractivity contribution in [3.05, 3.63) is 124 Å². The molecule has 1 N–H and O–H groups in total. The summed E-state index contributed by atoms with van der Waals surface area (Å²) >= 11 is 12.7. The lowest BCUT2D eigenvalue weighted by Gasteiger charge is -2.34. The highest BCUT2D eigenvalue weighted by molar-refractivity contribution is 7.92. The SMILES string of the molecule is CC[C@H](C)NC(=O)[C@@H](Cc1ccccc1)N(Cc1cccc(OC)c1)C(=O)CN(c1ccc(Cl)cc1Cl)S(=O)(=O)c1ccccc1. The van der Waals surface area contributed by atoms with Gasteiger partial charge in [-0.2, -0.15) is 0 Å². The van der Waals surface area contributed by atoms with Gasteiger partial charge in [0, 0.05) is 24.0 Å². The molecule has 4 aromatic rings. The number of nitrogens with one attached hydrogen (secondary N) is 1. The number of rotatable bonds is 14. The molecule has 11 heteroatoms. The first kappa shape index (κ1) is 34.8. The van der Waals surface area contributed by atoms with Crippen LogP contribution in [0.1, 0.15) is 31.4 Å². The van der Waals surface area contributed by atoms with Crippen molar-refractivity contribution in [2.45, 2.75) is 50.2 Å². The van der Waals surface area contributed by atoms with Crippen LogP contribution in [0.5, 0.6) is 5.75 Å². The number of anilines is 1. The summed E-state index contributed by atoms with van der Waals surface area (Å²) in [5.41, 5.74) is 1.61. The van der Waals surface area contributed by atoms with E-state index in [0.29, 0.717) is 22.8 Å². The number of carbonyl (C=O) groups excluding carboxylic acids is 2. The molecule has 0 saturated carbocycles. The van der Waals surface area contributed by atoms with Gasteiger partial charge in [0.1, 0.15) is 18.3 Å². The Morgan fingerprint density at radius 2 is 1.52 bits per heavy atom. The molecule has 8 nitrogen and oxygen atoms in total. The number of nitrogens with zero attached hydrogens (tertiary/aromatic N) is 2. The van der Waals surface area contributed by atoms with Crippen LogP contribution in [0.25, 0.3) is 0 Å². The van der Waals surface area contributed by atoms with Crippen LogP contribution in [0, 0.1) is 0 Å². The second-order valence-electron chi connectivity index (χ2n) is 10.8. The molecule has 0 fully saturated rings. The van der Waals surface area contributed by atoms with Crippen molar-refractivity contribution >= 4 is 50.7 Å². The molecular weight excluding hydrogens is 645 g/mol. The molecule has 0 heterocycles. The third-order valence-electron chi connectivity index (χ3n) is 7.55. The van der Waals surface area contributed by atoms with Crippen molar-refractivity contribution in [2.75, 3.05) is 18.0 Å². The predicted molar refractivity (Wildman–Crippen MR) is 183 cm³/mol. The summed E-state index contributed by atoms with van der Waals surface area (Å²) in [6.45, 7) is 3.22. The Morgan fingerprint density at radius 3 is 2.15 bits per heavy atom. The summed E-state index contributed by atoms with van der Waals surface area (Å²) in [6.07, 6.45) is 0.887. The Kier molecular flexibility index (Phi) is 12.1. The van der Waals surface area contributed by atoms with E-state index in [1.54, 1.807) is 43.5 Å². The fourth-order valence-electron chi connectivity index (χ4n) is 4.88. The average molecular weight is 683 g/mol. The molecule has 0 unspecified atom stereocenters. The Balaban J connectivity index is 1.83. The minimum atomic E-state index is -4.29. The number of ether oxygens (including phenoxy) is 1. The Labute approximate surface area is 280 Å². The van der Waals surface area contributed by atoms with Gasteiger partial charge >= 0.3 is 0 Å². The van der Waals surface area contributed by atoms with Crippen molar-refractivity contribution < 1.29 is 22.7 Å². The van der Waals surface area contributed by atoms with Gasteiger partial charge < -0.3 is 15.0 Å². The van der Waals surface area contributed by atoms with Crippen LogP contribution in [-0.2, 0) is 32.6 Å². The first-order valence-corrected chi connectivity index (χ1v) is 17.0. The summed E-state index contributed by atoms with van der Waals surface area (Å²) in [5, 5.41) is 3.38. The van der Waals surface area contributed by atoms with Crippen molar-refractivity contribution in [1.82, 2.24) is 10.2 Å². The molecule has 0 aliphatic carbocycles. The molecule has 4 rings (SSSR count). The minimum Gasteiger partial charge on any atom is -0.497 e. The molecule has 0 aliphatic heterocycles.